The van der Waals surface area contributed by atoms with Crippen LogP contribution in [0.5, 0.6) is 11.8 Å². The van der Waals surface area contributed by atoms with Crippen molar-refractivity contribution >= 4 is 11.3 Å². The topological polar surface area (TPSA) is 44.9 Å². The molecule has 0 unspecified atom stereocenters. The Bertz CT molecular complexity index is 1280. The van der Waals surface area contributed by atoms with Gasteiger partial charge in [-0.2, -0.15) is 10.2 Å². The standard InChI is InChI=1S/C25H20N4OS/c1-16-21-23(20-14-9-15-31-20)22-17(2)27-29(19-12-7-4-8-13-19)25(22)30-24(21)28(26-16)18-10-5-3-6-11-18/h3-15,23H,1-2H3. The Balaban J connectivity index is 1.64. The van der Waals surface area contributed by atoms with Gasteiger partial charge in [-0.05, 0) is 49.6 Å². The summed E-state index contributed by atoms with van der Waals surface area (Å²) in [4.78, 5) is 1.26. The fourth-order valence-corrected chi connectivity index (χ4v) is 5.20. The van der Waals surface area contributed by atoms with Gasteiger partial charge in [-0.3, -0.25) is 0 Å². The highest BCUT2D eigenvalue weighted by Crippen LogP contribution is 2.51. The van der Waals surface area contributed by atoms with E-state index in [0.717, 1.165) is 45.6 Å². The van der Waals surface area contributed by atoms with Crippen LogP contribution in [-0.2, 0) is 0 Å². The first kappa shape index (κ1) is 18.2. The van der Waals surface area contributed by atoms with Gasteiger partial charge in [-0.1, -0.05) is 42.5 Å². The van der Waals surface area contributed by atoms with Crippen LogP contribution < -0.4 is 4.74 Å². The number of thiophene rings is 1. The number of nitrogens with zero attached hydrogens (tertiary/aromatic N) is 4. The molecule has 0 bridgehead atoms. The van der Waals surface area contributed by atoms with E-state index in [1.807, 2.05) is 70.0 Å². The fraction of sp³-hybridized carbons (Fsp3) is 0.120. The molecule has 2 aromatic carbocycles. The van der Waals surface area contributed by atoms with Gasteiger partial charge in [0.15, 0.2) is 0 Å². The first-order chi connectivity index (χ1) is 15.2. The predicted molar refractivity (Wildman–Crippen MR) is 122 cm³/mol. The van der Waals surface area contributed by atoms with E-state index in [0.29, 0.717) is 0 Å². The first-order valence-electron chi connectivity index (χ1n) is 10.2. The highest BCUT2D eigenvalue weighted by Gasteiger charge is 2.39. The van der Waals surface area contributed by atoms with Crippen LogP contribution in [0.3, 0.4) is 0 Å². The summed E-state index contributed by atoms with van der Waals surface area (Å²) < 4.78 is 10.4. The van der Waals surface area contributed by atoms with Gasteiger partial charge >= 0.3 is 0 Å². The summed E-state index contributed by atoms with van der Waals surface area (Å²) >= 11 is 1.75. The highest BCUT2D eigenvalue weighted by molar-refractivity contribution is 7.10. The lowest BCUT2D eigenvalue weighted by Gasteiger charge is -2.24. The van der Waals surface area contributed by atoms with Crippen LogP contribution in [0.15, 0.2) is 78.2 Å². The number of aromatic nitrogens is 4. The van der Waals surface area contributed by atoms with Gasteiger partial charge in [-0.25, -0.2) is 9.36 Å². The third-order valence-corrected chi connectivity index (χ3v) is 6.66. The van der Waals surface area contributed by atoms with Crippen molar-refractivity contribution in [2.75, 3.05) is 0 Å². The molecule has 6 rings (SSSR count). The van der Waals surface area contributed by atoms with E-state index >= 15 is 0 Å². The molecule has 3 aromatic heterocycles. The number of benzene rings is 2. The minimum atomic E-state index is 0.0358. The number of rotatable bonds is 3. The van der Waals surface area contributed by atoms with Crippen molar-refractivity contribution in [3.05, 3.63) is 106 Å². The maximum absolute atomic E-state index is 6.62. The molecule has 0 saturated heterocycles. The lowest BCUT2D eigenvalue weighted by Crippen LogP contribution is -2.13. The second kappa shape index (κ2) is 6.96. The summed E-state index contributed by atoms with van der Waals surface area (Å²) in [6.07, 6.45) is 0. The average molecular weight is 425 g/mol. The quantitative estimate of drug-likeness (QED) is 0.349. The Kier molecular flexibility index (Phi) is 4.07. The second-order valence-electron chi connectivity index (χ2n) is 7.65. The molecule has 0 spiro atoms. The van der Waals surface area contributed by atoms with E-state index < -0.39 is 0 Å². The molecule has 1 aliphatic heterocycles. The van der Waals surface area contributed by atoms with E-state index in [1.165, 1.54) is 4.88 Å². The monoisotopic (exact) mass is 424 g/mol. The summed E-state index contributed by atoms with van der Waals surface area (Å²) in [6, 6.07) is 24.6. The van der Waals surface area contributed by atoms with Crippen LogP contribution in [0.2, 0.25) is 0 Å². The number of fused-ring (bicyclic) bond motifs is 2. The molecule has 0 aliphatic carbocycles. The van der Waals surface area contributed by atoms with Crippen molar-refractivity contribution < 1.29 is 4.74 Å². The van der Waals surface area contributed by atoms with Gasteiger partial charge in [0, 0.05) is 4.88 Å². The summed E-state index contributed by atoms with van der Waals surface area (Å²) in [7, 11) is 0. The lowest BCUT2D eigenvalue weighted by atomic mass is 9.88. The van der Waals surface area contributed by atoms with Crippen LogP contribution >= 0.6 is 11.3 Å². The van der Waals surface area contributed by atoms with Crippen LogP contribution in [0.25, 0.3) is 11.4 Å². The molecule has 0 saturated carbocycles. The number of aryl methyl sites for hydroxylation is 2. The molecule has 5 nitrogen and oxygen atoms in total. The highest BCUT2D eigenvalue weighted by atomic mass is 32.1. The van der Waals surface area contributed by atoms with Crippen molar-refractivity contribution in [3.8, 4) is 23.1 Å². The number of hydrogen-bond acceptors (Lipinski definition) is 4. The largest absolute Gasteiger partial charge is 0.420 e. The summed E-state index contributed by atoms with van der Waals surface area (Å²) in [5, 5.41) is 11.9. The Morgan fingerprint density at radius 3 is 1.68 bits per heavy atom. The van der Waals surface area contributed by atoms with Crippen LogP contribution in [-0.4, -0.2) is 19.6 Å². The fourth-order valence-electron chi connectivity index (χ4n) is 4.36. The van der Waals surface area contributed by atoms with E-state index in [4.69, 9.17) is 14.9 Å². The van der Waals surface area contributed by atoms with E-state index in [2.05, 4.69) is 31.4 Å². The van der Waals surface area contributed by atoms with Crippen LogP contribution in [0, 0.1) is 13.8 Å². The van der Waals surface area contributed by atoms with Crippen molar-refractivity contribution in [1.29, 1.82) is 0 Å². The molecule has 152 valence electrons. The second-order valence-corrected chi connectivity index (χ2v) is 8.63. The van der Waals surface area contributed by atoms with Gasteiger partial charge in [0.2, 0.25) is 11.8 Å². The smallest absolute Gasteiger partial charge is 0.229 e. The maximum atomic E-state index is 6.62. The Morgan fingerprint density at radius 1 is 0.710 bits per heavy atom. The Hall–Kier alpha value is -3.64. The van der Waals surface area contributed by atoms with E-state index in [-0.39, 0.29) is 5.92 Å². The normalized spacial score (nSPS) is 13.0. The third-order valence-electron chi connectivity index (χ3n) is 5.73. The van der Waals surface area contributed by atoms with E-state index in [9.17, 15) is 0 Å². The molecule has 6 heteroatoms. The zero-order valence-electron chi connectivity index (χ0n) is 17.2. The van der Waals surface area contributed by atoms with Gasteiger partial charge in [0.1, 0.15) is 0 Å². The lowest BCUT2D eigenvalue weighted by molar-refractivity contribution is 0.392. The van der Waals surface area contributed by atoms with Crippen LogP contribution in [0.4, 0.5) is 0 Å². The molecule has 5 aromatic rings. The Morgan fingerprint density at radius 2 is 1.23 bits per heavy atom. The van der Waals surface area contributed by atoms with Gasteiger partial charge in [0.25, 0.3) is 0 Å². The van der Waals surface area contributed by atoms with Crippen molar-refractivity contribution in [1.82, 2.24) is 19.6 Å². The number of ether oxygens (including phenoxy) is 1. The molecule has 4 heterocycles. The summed E-state index contributed by atoms with van der Waals surface area (Å²) in [5.41, 5.74) is 6.10. The zero-order valence-corrected chi connectivity index (χ0v) is 18.0. The number of hydrogen-bond donors (Lipinski definition) is 0. The summed E-state index contributed by atoms with van der Waals surface area (Å²) in [6.45, 7) is 4.12. The van der Waals surface area contributed by atoms with Crippen LogP contribution in [0.1, 0.15) is 33.3 Å². The molecule has 0 radical (unpaired) electrons. The van der Waals surface area contributed by atoms with Gasteiger partial charge in [-0.15, -0.1) is 11.3 Å². The molecule has 0 atom stereocenters. The molecule has 0 fully saturated rings. The van der Waals surface area contributed by atoms with Crippen molar-refractivity contribution in [3.63, 3.8) is 0 Å². The van der Waals surface area contributed by atoms with Crippen molar-refractivity contribution in [2.24, 2.45) is 0 Å². The molecule has 31 heavy (non-hydrogen) atoms. The average Bonchev–Trinajstić information content (AvgIpc) is 3.53. The zero-order chi connectivity index (χ0) is 20.9. The third kappa shape index (κ3) is 2.75. The van der Waals surface area contributed by atoms with Gasteiger partial charge in [0.05, 0.1) is 39.8 Å². The van der Waals surface area contributed by atoms with Crippen molar-refractivity contribution in [2.45, 2.75) is 19.8 Å². The predicted octanol–water partition coefficient (Wildman–Crippen LogP) is 6.02. The maximum Gasteiger partial charge on any atom is 0.229 e. The SMILES string of the molecule is Cc1nn(-c2ccccc2)c2c1C(c1cccs1)c1c(C)nn(-c3ccccc3)c1O2. The molecular formula is C25H20N4OS. The van der Waals surface area contributed by atoms with Gasteiger partial charge < -0.3 is 4.74 Å². The first-order valence-corrected chi connectivity index (χ1v) is 11.1. The van der Waals surface area contributed by atoms with E-state index in [1.54, 1.807) is 11.3 Å². The molecule has 0 N–H and O–H groups in total. The Labute approximate surface area is 184 Å². The number of para-hydroxylation sites is 2. The summed E-state index contributed by atoms with van der Waals surface area (Å²) in [5.74, 6) is 1.55. The molecule has 0 amide bonds. The minimum Gasteiger partial charge on any atom is -0.420 e. The molecular weight excluding hydrogens is 404 g/mol. The molecule has 1 aliphatic rings. The minimum absolute atomic E-state index is 0.0358.